The Morgan fingerprint density at radius 3 is 2.41 bits per heavy atom. The van der Waals surface area contributed by atoms with Gasteiger partial charge < -0.3 is 4.55 Å². The third-order valence-electron chi connectivity index (χ3n) is 5.64. The van der Waals surface area contributed by atoms with Gasteiger partial charge in [-0.25, -0.2) is 13.4 Å². The zero-order chi connectivity index (χ0) is 23.9. The molecule has 0 atom stereocenters. The van der Waals surface area contributed by atoms with Gasteiger partial charge in [-0.05, 0) is 43.5 Å². The highest BCUT2D eigenvalue weighted by Gasteiger charge is 2.17. The minimum atomic E-state index is -4.27. The first-order chi connectivity index (χ1) is 16.3. The van der Waals surface area contributed by atoms with Crippen LogP contribution in [-0.4, -0.2) is 23.1 Å². The molecule has 0 saturated heterocycles. The van der Waals surface area contributed by atoms with E-state index in [1.165, 1.54) is 33.3 Å². The van der Waals surface area contributed by atoms with Crippen LogP contribution < -0.4 is 4.52 Å². The lowest BCUT2D eigenvalue weighted by atomic mass is 10.1. The summed E-state index contributed by atoms with van der Waals surface area (Å²) in [5, 5.41) is 7.99. The Kier molecular flexibility index (Phi) is 5.65. The molecule has 6 aromatic rings. The molecular formula is C26H21N3O3S2. The molecule has 2 aromatic carbocycles. The Labute approximate surface area is 200 Å². The number of aromatic amines is 1. The lowest BCUT2D eigenvalue weighted by Crippen LogP contribution is -2.27. The summed E-state index contributed by atoms with van der Waals surface area (Å²) in [5.74, 6) is 0. The van der Waals surface area contributed by atoms with Crippen molar-refractivity contribution in [2.75, 3.05) is 0 Å². The average molecular weight is 488 g/mol. The third-order valence-corrected chi connectivity index (χ3v) is 7.40. The molecule has 0 amide bonds. The zero-order valence-electron chi connectivity index (χ0n) is 18.5. The van der Waals surface area contributed by atoms with E-state index in [1.54, 1.807) is 23.5 Å². The van der Waals surface area contributed by atoms with Crippen LogP contribution in [0.15, 0.2) is 89.3 Å². The molecule has 0 spiro atoms. The topological polar surface area (TPSA) is 90.0 Å². The Morgan fingerprint density at radius 1 is 0.941 bits per heavy atom. The number of aryl methyl sites for hydroxylation is 2. The summed E-state index contributed by atoms with van der Waals surface area (Å²) in [5.41, 5.74) is 6.52. The van der Waals surface area contributed by atoms with Gasteiger partial charge in [0.15, 0.2) is 0 Å². The second kappa shape index (κ2) is 8.64. The normalized spacial score (nSPS) is 11.6. The fourth-order valence-corrected chi connectivity index (χ4v) is 5.20. The number of para-hydroxylation sites is 1. The van der Waals surface area contributed by atoms with Crippen molar-refractivity contribution in [1.29, 1.82) is 0 Å². The molecule has 0 unspecified atom stereocenters. The highest BCUT2D eigenvalue weighted by atomic mass is 32.2. The number of rotatable bonds is 2. The summed E-state index contributed by atoms with van der Waals surface area (Å²) < 4.78 is 33.2. The molecule has 4 aromatic heterocycles. The van der Waals surface area contributed by atoms with E-state index in [4.69, 9.17) is 4.98 Å². The zero-order valence-corrected chi connectivity index (χ0v) is 20.2. The van der Waals surface area contributed by atoms with Crippen molar-refractivity contribution in [2.24, 2.45) is 0 Å². The molecule has 170 valence electrons. The predicted molar refractivity (Wildman–Crippen MR) is 134 cm³/mol. The van der Waals surface area contributed by atoms with E-state index in [0.29, 0.717) is 0 Å². The van der Waals surface area contributed by atoms with Crippen molar-refractivity contribution >= 4 is 48.8 Å². The fourth-order valence-electron chi connectivity index (χ4n) is 3.93. The van der Waals surface area contributed by atoms with Crippen molar-refractivity contribution in [3.63, 3.8) is 0 Å². The van der Waals surface area contributed by atoms with Gasteiger partial charge in [-0.1, -0.05) is 46.5 Å². The van der Waals surface area contributed by atoms with Crippen LogP contribution in [0, 0.1) is 13.8 Å². The number of benzene rings is 2. The van der Waals surface area contributed by atoms with E-state index in [1.807, 2.05) is 13.0 Å². The third kappa shape index (κ3) is 4.19. The van der Waals surface area contributed by atoms with Crippen molar-refractivity contribution in [1.82, 2.24) is 10.1 Å². The molecule has 1 N–H and O–H groups in total. The van der Waals surface area contributed by atoms with Crippen molar-refractivity contribution in [3.05, 3.63) is 95.6 Å². The highest BCUT2D eigenvalue weighted by molar-refractivity contribution is 7.85. The molecule has 6 nitrogen and oxygen atoms in total. The molecule has 0 bridgehead atoms. The maximum Gasteiger partial charge on any atom is 0.262 e. The minimum Gasteiger partial charge on any atom is -0.744 e. The molecule has 0 radical (unpaired) electrons. The van der Waals surface area contributed by atoms with Gasteiger partial charge in [-0.3, -0.25) is 0 Å². The van der Waals surface area contributed by atoms with Gasteiger partial charge in [0.2, 0.25) is 6.20 Å². The summed E-state index contributed by atoms with van der Waals surface area (Å²) in [7, 11) is -4.27. The largest absolute Gasteiger partial charge is 0.744 e. The van der Waals surface area contributed by atoms with Crippen LogP contribution in [0.2, 0.25) is 0 Å². The molecule has 0 aliphatic rings. The Bertz CT molecular complexity index is 1740. The molecular weight excluding hydrogens is 466 g/mol. The Morgan fingerprint density at radius 2 is 1.71 bits per heavy atom. The van der Waals surface area contributed by atoms with Crippen LogP contribution in [0.1, 0.15) is 11.3 Å². The molecule has 0 fully saturated rings. The van der Waals surface area contributed by atoms with Gasteiger partial charge in [0, 0.05) is 33.3 Å². The summed E-state index contributed by atoms with van der Waals surface area (Å²) in [6.07, 6.45) is 2.08. The quantitative estimate of drug-likeness (QED) is 0.262. The average Bonchev–Trinajstić information content (AvgIpc) is 3.47. The second-order valence-corrected chi connectivity index (χ2v) is 10.3. The van der Waals surface area contributed by atoms with Gasteiger partial charge in [-0.15, -0.1) is 11.3 Å². The number of H-pyrrole nitrogens is 1. The van der Waals surface area contributed by atoms with Gasteiger partial charge in [0.25, 0.3) is 5.52 Å². The molecule has 4 heterocycles. The first-order valence-electron chi connectivity index (χ1n) is 10.6. The van der Waals surface area contributed by atoms with Gasteiger partial charge in [0.05, 0.1) is 16.1 Å². The number of nitrogens with one attached hydrogen (secondary N) is 1. The molecule has 34 heavy (non-hydrogen) atoms. The smallest absolute Gasteiger partial charge is 0.262 e. The van der Waals surface area contributed by atoms with Crippen LogP contribution >= 0.6 is 11.3 Å². The van der Waals surface area contributed by atoms with Gasteiger partial charge in [0.1, 0.15) is 15.6 Å². The summed E-state index contributed by atoms with van der Waals surface area (Å²) in [6, 6.07) is 22.7. The van der Waals surface area contributed by atoms with Crippen molar-refractivity contribution < 1.29 is 17.5 Å². The van der Waals surface area contributed by atoms with E-state index in [9.17, 15) is 13.0 Å². The highest BCUT2D eigenvalue weighted by Crippen LogP contribution is 2.30. The van der Waals surface area contributed by atoms with Crippen molar-refractivity contribution in [3.8, 4) is 10.4 Å². The number of aromatic nitrogens is 3. The SMILES string of the molecule is Cc1[nH][n+]2ccc3c4ccccc4nc3c2cc1-c1cccs1.Cc1ccc(S(=O)(=O)[O-])cc1. The first-order valence-corrected chi connectivity index (χ1v) is 12.9. The number of hydrogen-bond donors (Lipinski definition) is 1. The van der Waals surface area contributed by atoms with Crippen LogP contribution in [0.5, 0.6) is 0 Å². The molecule has 0 saturated carbocycles. The Hall–Kier alpha value is -3.59. The van der Waals surface area contributed by atoms with Crippen LogP contribution in [0.25, 0.3) is 37.8 Å². The standard InChI is InChI=1S/C19H13N3S.C7H8O3S/c1-12-15(18-7-4-10-23-18)11-17-19-14(8-9-22(17)21-12)13-5-2-3-6-16(13)20-19;1-6-2-4-7(5-3-6)11(8,9)10/h2-11H,1H3;2-5H,1H3,(H,8,9,10). The summed E-state index contributed by atoms with van der Waals surface area (Å²) in [6.45, 7) is 3.93. The molecule has 8 heteroatoms. The van der Waals surface area contributed by atoms with Crippen molar-refractivity contribution in [2.45, 2.75) is 18.7 Å². The van der Waals surface area contributed by atoms with E-state index in [-0.39, 0.29) is 4.90 Å². The molecule has 0 aliphatic heterocycles. The lowest BCUT2D eigenvalue weighted by molar-refractivity contribution is -0.580. The predicted octanol–water partition coefficient (Wildman–Crippen LogP) is 5.39. The molecule has 6 rings (SSSR count). The molecule has 0 aliphatic carbocycles. The van der Waals surface area contributed by atoms with E-state index >= 15 is 0 Å². The van der Waals surface area contributed by atoms with Gasteiger partial charge in [-0.2, -0.15) is 5.10 Å². The van der Waals surface area contributed by atoms with E-state index < -0.39 is 10.1 Å². The monoisotopic (exact) mass is 487 g/mol. The minimum absolute atomic E-state index is 0.178. The van der Waals surface area contributed by atoms with Gasteiger partial charge >= 0.3 is 0 Å². The number of pyridine rings is 1. The van der Waals surface area contributed by atoms with E-state index in [0.717, 1.165) is 27.8 Å². The second-order valence-electron chi connectivity index (χ2n) is 8.00. The maximum absolute atomic E-state index is 10.4. The summed E-state index contributed by atoms with van der Waals surface area (Å²) >= 11 is 1.76. The number of nitrogens with zero attached hydrogens (tertiary/aromatic N) is 2. The maximum atomic E-state index is 10.4. The Balaban J connectivity index is 0.000000186. The van der Waals surface area contributed by atoms with Crippen LogP contribution in [0.3, 0.4) is 0 Å². The summed E-state index contributed by atoms with van der Waals surface area (Å²) in [4.78, 5) is 5.95. The van der Waals surface area contributed by atoms with Crippen LogP contribution in [-0.2, 0) is 10.1 Å². The lowest BCUT2D eigenvalue weighted by Gasteiger charge is -2.05. The number of thiophene rings is 1. The fraction of sp³-hybridized carbons (Fsp3) is 0.0769. The van der Waals surface area contributed by atoms with Crippen LogP contribution in [0.4, 0.5) is 0 Å². The number of hydrogen-bond acceptors (Lipinski definition) is 5. The number of fused-ring (bicyclic) bond motifs is 5. The first kappa shape index (κ1) is 22.2. The van der Waals surface area contributed by atoms with E-state index in [2.05, 4.69) is 70.6 Å².